The van der Waals surface area contributed by atoms with Gasteiger partial charge in [-0.1, -0.05) is 11.6 Å². The number of aryl methyl sites for hydroxylation is 1. The average Bonchev–Trinajstić information content (AvgIpc) is 2.69. The number of esters is 1. The number of fused-ring (bicyclic) bond motifs is 1. The molecule has 0 aliphatic rings. The van der Waals surface area contributed by atoms with Gasteiger partial charge in [0.25, 0.3) is 0 Å². The second-order valence-electron chi connectivity index (χ2n) is 3.70. The Bertz CT molecular complexity index is 654. The lowest BCUT2D eigenvalue weighted by molar-refractivity contribution is 0.0533. The molecule has 2 rings (SSSR count). The Labute approximate surface area is 108 Å². The monoisotopic (exact) mass is 261 g/mol. The van der Waals surface area contributed by atoms with Crippen molar-refractivity contribution in [3.05, 3.63) is 28.6 Å². The Hall–Kier alpha value is -1.97. The summed E-state index contributed by atoms with van der Waals surface area (Å²) in [5, 5.41) is 0.784. The molecule has 1 heterocycles. The Morgan fingerprint density at radius 2 is 2.28 bits per heavy atom. The smallest absolute Gasteiger partial charge is 0.350 e. The van der Waals surface area contributed by atoms with Crippen LogP contribution < -0.4 is 0 Å². The van der Waals surface area contributed by atoms with Gasteiger partial charge in [-0.3, -0.25) is 0 Å². The van der Waals surface area contributed by atoms with Crippen molar-refractivity contribution in [3.63, 3.8) is 0 Å². The van der Waals surface area contributed by atoms with Crippen LogP contribution in [0.15, 0.2) is 23.2 Å². The van der Waals surface area contributed by atoms with Crippen molar-refractivity contribution >= 4 is 39.2 Å². The van der Waals surface area contributed by atoms with Gasteiger partial charge in [0.1, 0.15) is 10.6 Å². The summed E-state index contributed by atoms with van der Waals surface area (Å²) in [5.41, 5.74) is 1.39. The molecule has 0 radical (unpaired) electrons. The van der Waals surface area contributed by atoms with Crippen molar-refractivity contribution in [2.75, 3.05) is 6.61 Å². The van der Waals surface area contributed by atoms with E-state index in [0.717, 1.165) is 15.6 Å². The molecule has 0 aliphatic carbocycles. The second kappa shape index (κ2) is 5.12. The van der Waals surface area contributed by atoms with Gasteiger partial charge < -0.3 is 4.74 Å². The lowest BCUT2D eigenvalue weighted by atomic mass is 10.1. The van der Waals surface area contributed by atoms with E-state index in [1.54, 1.807) is 6.92 Å². The van der Waals surface area contributed by atoms with Crippen LogP contribution in [0.4, 0.5) is 5.69 Å². The van der Waals surface area contributed by atoms with Crippen molar-refractivity contribution in [3.8, 4) is 0 Å². The number of thiophene rings is 1. The third-order valence-corrected chi connectivity index (χ3v) is 3.58. The standard InChI is InChI=1S/C13H11NO3S/c1-3-17-13(16)12-11(14-7-15)9-6-8(2)4-5-10(9)18-12/h4-6H,3H2,1-2H3. The lowest BCUT2D eigenvalue weighted by Gasteiger charge is -1.98. The van der Waals surface area contributed by atoms with Gasteiger partial charge in [-0.05, 0) is 26.0 Å². The summed E-state index contributed by atoms with van der Waals surface area (Å²) >= 11 is 1.27. The highest BCUT2D eigenvalue weighted by Crippen LogP contribution is 2.38. The molecule has 0 atom stereocenters. The van der Waals surface area contributed by atoms with Gasteiger partial charge in [0.2, 0.25) is 6.08 Å². The lowest BCUT2D eigenvalue weighted by Crippen LogP contribution is -2.02. The van der Waals surface area contributed by atoms with E-state index >= 15 is 0 Å². The third-order valence-electron chi connectivity index (χ3n) is 2.44. The summed E-state index contributed by atoms with van der Waals surface area (Å²) in [6.45, 7) is 3.96. The highest BCUT2D eigenvalue weighted by Gasteiger charge is 2.19. The van der Waals surface area contributed by atoms with Crippen molar-refractivity contribution < 1.29 is 14.3 Å². The summed E-state index contributed by atoms with van der Waals surface area (Å²) in [5.74, 6) is -0.453. The van der Waals surface area contributed by atoms with Crippen LogP contribution in [0.25, 0.3) is 10.1 Å². The number of carbonyl (C=O) groups excluding carboxylic acids is 2. The van der Waals surface area contributed by atoms with Crippen molar-refractivity contribution in [2.24, 2.45) is 4.99 Å². The number of hydrogen-bond acceptors (Lipinski definition) is 5. The fourth-order valence-corrected chi connectivity index (χ4v) is 2.71. The first-order valence-electron chi connectivity index (χ1n) is 5.45. The molecule has 2 aromatic rings. The van der Waals surface area contributed by atoms with Gasteiger partial charge in [-0.25, -0.2) is 9.59 Å². The topological polar surface area (TPSA) is 55.7 Å². The zero-order chi connectivity index (χ0) is 13.1. The molecule has 1 aromatic heterocycles. The maximum atomic E-state index is 11.8. The summed E-state index contributed by atoms with van der Waals surface area (Å²) in [7, 11) is 0. The molecule has 1 aromatic carbocycles. The minimum atomic E-state index is -0.453. The van der Waals surface area contributed by atoms with Gasteiger partial charge in [-0.15, -0.1) is 11.3 Å². The molecule has 18 heavy (non-hydrogen) atoms. The molecule has 0 saturated heterocycles. The summed E-state index contributed by atoms with van der Waals surface area (Å²) in [4.78, 5) is 26.3. The number of rotatable bonds is 3. The normalized spacial score (nSPS) is 10.1. The maximum absolute atomic E-state index is 11.8. The number of benzene rings is 1. The van der Waals surface area contributed by atoms with Crippen molar-refractivity contribution in [2.45, 2.75) is 13.8 Å². The SMILES string of the molecule is CCOC(=O)c1sc2ccc(C)cc2c1N=C=O. The number of nitrogens with zero attached hydrogens (tertiary/aromatic N) is 1. The summed E-state index contributed by atoms with van der Waals surface area (Å²) in [6, 6.07) is 5.74. The number of isocyanates is 1. The third kappa shape index (κ3) is 2.18. The largest absolute Gasteiger partial charge is 0.462 e. The molecule has 0 saturated carbocycles. The predicted molar refractivity (Wildman–Crippen MR) is 70.3 cm³/mol. The van der Waals surface area contributed by atoms with E-state index < -0.39 is 5.97 Å². The quantitative estimate of drug-likeness (QED) is 0.483. The molecule has 4 nitrogen and oxygen atoms in total. The molecule has 5 heteroatoms. The molecule has 0 bridgehead atoms. The first-order valence-corrected chi connectivity index (χ1v) is 6.27. The van der Waals surface area contributed by atoms with Crippen LogP contribution in [0.1, 0.15) is 22.2 Å². The van der Waals surface area contributed by atoms with Gasteiger partial charge in [0.05, 0.1) is 6.61 Å². The van der Waals surface area contributed by atoms with E-state index in [2.05, 4.69) is 4.99 Å². The van der Waals surface area contributed by atoms with Crippen LogP contribution in [-0.4, -0.2) is 18.7 Å². The van der Waals surface area contributed by atoms with Crippen LogP contribution in [0, 0.1) is 6.92 Å². The summed E-state index contributed by atoms with van der Waals surface area (Å²) in [6.07, 6.45) is 1.49. The molecule has 0 N–H and O–H groups in total. The van der Waals surface area contributed by atoms with Gasteiger partial charge in [0.15, 0.2) is 0 Å². The first-order chi connectivity index (χ1) is 8.67. The number of ether oxygens (including phenoxy) is 1. The zero-order valence-corrected chi connectivity index (χ0v) is 10.8. The molecule has 0 unspecified atom stereocenters. The van der Waals surface area contributed by atoms with Crippen LogP contribution in [0.5, 0.6) is 0 Å². The highest BCUT2D eigenvalue weighted by molar-refractivity contribution is 7.21. The number of hydrogen-bond donors (Lipinski definition) is 0. The second-order valence-corrected chi connectivity index (χ2v) is 4.76. The van der Waals surface area contributed by atoms with E-state index in [-0.39, 0.29) is 6.61 Å². The summed E-state index contributed by atoms with van der Waals surface area (Å²) < 4.78 is 5.86. The average molecular weight is 261 g/mol. The number of aliphatic imine (C=N–C) groups is 1. The van der Waals surface area contributed by atoms with Crippen molar-refractivity contribution in [1.82, 2.24) is 0 Å². The minimum Gasteiger partial charge on any atom is -0.462 e. The number of carbonyl (C=O) groups is 1. The van der Waals surface area contributed by atoms with E-state index in [1.165, 1.54) is 17.4 Å². The fourth-order valence-electron chi connectivity index (χ4n) is 1.69. The predicted octanol–water partition coefficient (Wildman–Crippen LogP) is 3.35. The Kier molecular flexibility index (Phi) is 3.55. The molecule has 0 spiro atoms. The van der Waals surface area contributed by atoms with E-state index in [4.69, 9.17) is 4.74 Å². The Morgan fingerprint density at radius 1 is 1.50 bits per heavy atom. The Balaban J connectivity index is 2.69. The van der Waals surface area contributed by atoms with Crippen LogP contribution in [0.2, 0.25) is 0 Å². The molecule has 0 amide bonds. The van der Waals surface area contributed by atoms with Gasteiger partial charge in [0, 0.05) is 10.1 Å². The molecular formula is C13H11NO3S. The minimum absolute atomic E-state index is 0.288. The van der Waals surface area contributed by atoms with Crippen LogP contribution >= 0.6 is 11.3 Å². The van der Waals surface area contributed by atoms with E-state index in [0.29, 0.717) is 10.6 Å². The fraction of sp³-hybridized carbons (Fsp3) is 0.231. The van der Waals surface area contributed by atoms with Gasteiger partial charge in [-0.2, -0.15) is 4.99 Å². The van der Waals surface area contributed by atoms with Gasteiger partial charge >= 0.3 is 5.97 Å². The maximum Gasteiger partial charge on any atom is 0.350 e. The molecule has 0 fully saturated rings. The van der Waals surface area contributed by atoms with E-state index in [9.17, 15) is 9.59 Å². The van der Waals surface area contributed by atoms with Crippen LogP contribution in [-0.2, 0) is 9.53 Å². The van der Waals surface area contributed by atoms with Crippen LogP contribution in [0.3, 0.4) is 0 Å². The molecule has 92 valence electrons. The van der Waals surface area contributed by atoms with E-state index in [1.807, 2.05) is 25.1 Å². The highest BCUT2D eigenvalue weighted by atomic mass is 32.1. The molecular weight excluding hydrogens is 250 g/mol. The first kappa shape index (κ1) is 12.5. The molecule has 0 aliphatic heterocycles. The van der Waals surface area contributed by atoms with Crippen molar-refractivity contribution in [1.29, 1.82) is 0 Å². The zero-order valence-electron chi connectivity index (χ0n) is 10.0. The Morgan fingerprint density at radius 3 is 2.94 bits per heavy atom.